The van der Waals surface area contributed by atoms with Crippen molar-refractivity contribution in [2.45, 2.75) is 6.54 Å². The van der Waals surface area contributed by atoms with Gasteiger partial charge in [-0.2, -0.15) is 0 Å². The fraction of sp³-hybridized carbons (Fsp3) is 0.0385. The van der Waals surface area contributed by atoms with E-state index in [-0.39, 0.29) is 11.3 Å². The molecule has 150 valence electrons. The van der Waals surface area contributed by atoms with Gasteiger partial charge in [-0.25, -0.2) is 0 Å². The number of hydrogen-bond acceptors (Lipinski definition) is 4. The highest BCUT2D eigenvalue weighted by Crippen LogP contribution is 2.33. The quantitative estimate of drug-likeness (QED) is 0.463. The largest absolute Gasteiger partial charge is 0.506 e. The summed E-state index contributed by atoms with van der Waals surface area (Å²) in [6, 6.07) is 24.8. The van der Waals surface area contributed by atoms with Crippen LogP contribution < -0.4 is 5.56 Å². The number of aromatic hydroxyl groups is 1. The van der Waals surface area contributed by atoms with Gasteiger partial charge in [0.25, 0.3) is 5.56 Å². The van der Waals surface area contributed by atoms with Gasteiger partial charge in [0.05, 0.1) is 24.0 Å². The zero-order valence-electron chi connectivity index (χ0n) is 16.6. The number of pyridine rings is 3. The summed E-state index contributed by atoms with van der Waals surface area (Å²) in [5.41, 5.74) is 4.14. The van der Waals surface area contributed by atoms with E-state index in [1.54, 1.807) is 23.0 Å². The van der Waals surface area contributed by atoms with Crippen molar-refractivity contribution < 1.29 is 5.11 Å². The molecule has 0 aliphatic rings. The Morgan fingerprint density at radius 1 is 0.839 bits per heavy atom. The van der Waals surface area contributed by atoms with Crippen molar-refractivity contribution in [2.24, 2.45) is 0 Å². The van der Waals surface area contributed by atoms with Crippen LogP contribution in [0.15, 0.2) is 102 Å². The lowest BCUT2D eigenvalue weighted by Gasteiger charge is -2.17. The van der Waals surface area contributed by atoms with Crippen molar-refractivity contribution in [1.82, 2.24) is 14.5 Å². The Kier molecular flexibility index (Phi) is 4.77. The van der Waals surface area contributed by atoms with Crippen LogP contribution in [-0.2, 0) is 6.54 Å². The summed E-state index contributed by atoms with van der Waals surface area (Å²) in [7, 11) is 0. The van der Waals surface area contributed by atoms with Crippen molar-refractivity contribution in [2.75, 3.05) is 0 Å². The molecule has 31 heavy (non-hydrogen) atoms. The lowest BCUT2D eigenvalue weighted by atomic mass is 10.0. The predicted molar refractivity (Wildman–Crippen MR) is 122 cm³/mol. The summed E-state index contributed by atoms with van der Waals surface area (Å²) in [4.78, 5) is 22.4. The van der Waals surface area contributed by atoms with Gasteiger partial charge < -0.3 is 9.67 Å². The Balaban J connectivity index is 1.88. The first-order valence-corrected chi connectivity index (χ1v) is 9.97. The molecule has 0 aliphatic heterocycles. The number of benzene rings is 2. The first-order chi connectivity index (χ1) is 15.2. The molecule has 0 aliphatic carbocycles. The third kappa shape index (κ3) is 3.46. The molecule has 0 atom stereocenters. The normalized spacial score (nSPS) is 11.0. The van der Waals surface area contributed by atoms with Gasteiger partial charge in [-0.3, -0.25) is 14.8 Å². The molecule has 3 aromatic heterocycles. The van der Waals surface area contributed by atoms with E-state index in [0.29, 0.717) is 28.7 Å². The molecule has 2 aromatic carbocycles. The van der Waals surface area contributed by atoms with Crippen LogP contribution in [0, 0.1) is 0 Å². The van der Waals surface area contributed by atoms with Crippen LogP contribution in [0.2, 0.25) is 0 Å². The Hall–Kier alpha value is -4.25. The summed E-state index contributed by atoms with van der Waals surface area (Å²) < 4.78 is 1.70. The van der Waals surface area contributed by atoms with Crippen LogP contribution in [0.4, 0.5) is 0 Å². The highest BCUT2D eigenvalue weighted by molar-refractivity contribution is 5.97. The molecular weight excluding hydrogens is 386 g/mol. The fourth-order valence-corrected chi connectivity index (χ4v) is 3.83. The van der Waals surface area contributed by atoms with Gasteiger partial charge in [0.2, 0.25) is 0 Å². The average Bonchev–Trinajstić information content (AvgIpc) is 2.83. The number of nitrogens with zero attached hydrogens (tertiary/aromatic N) is 3. The fourth-order valence-electron chi connectivity index (χ4n) is 3.83. The van der Waals surface area contributed by atoms with E-state index in [0.717, 1.165) is 16.7 Å². The number of rotatable bonds is 4. The van der Waals surface area contributed by atoms with Gasteiger partial charge in [-0.05, 0) is 29.3 Å². The Morgan fingerprint density at radius 2 is 1.55 bits per heavy atom. The molecule has 0 bridgehead atoms. The minimum absolute atomic E-state index is 0.0293. The van der Waals surface area contributed by atoms with Gasteiger partial charge in [0, 0.05) is 28.9 Å². The molecule has 0 saturated carbocycles. The molecule has 1 N–H and O–H groups in total. The Bertz CT molecular complexity index is 1410. The molecule has 5 nitrogen and oxygen atoms in total. The molecule has 5 heteroatoms. The molecular formula is C26H19N3O2. The molecule has 3 heterocycles. The van der Waals surface area contributed by atoms with Gasteiger partial charge >= 0.3 is 0 Å². The second kappa shape index (κ2) is 7.88. The maximum Gasteiger partial charge on any atom is 0.259 e. The molecule has 0 saturated heterocycles. The minimum Gasteiger partial charge on any atom is -0.506 e. The van der Waals surface area contributed by atoms with Crippen LogP contribution in [0.5, 0.6) is 5.75 Å². The van der Waals surface area contributed by atoms with E-state index in [1.165, 1.54) is 6.20 Å². The van der Waals surface area contributed by atoms with Crippen LogP contribution >= 0.6 is 0 Å². The SMILES string of the molecule is O=c1c(-c2ccccc2)cc2c(O)cnc(-c3cccnc3)c2n1Cc1ccccc1. The highest BCUT2D eigenvalue weighted by atomic mass is 16.3. The summed E-state index contributed by atoms with van der Waals surface area (Å²) in [5.74, 6) is 0.0293. The Morgan fingerprint density at radius 3 is 2.26 bits per heavy atom. The first kappa shape index (κ1) is 18.8. The number of aromatic nitrogens is 3. The molecule has 0 radical (unpaired) electrons. The van der Waals surface area contributed by atoms with E-state index in [4.69, 9.17) is 0 Å². The first-order valence-electron chi connectivity index (χ1n) is 9.97. The van der Waals surface area contributed by atoms with Crippen LogP contribution in [0.3, 0.4) is 0 Å². The van der Waals surface area contributed by atoms with Crippen LogP contribution in [0.25, 0.3) is 33.3 Å². The lowest BCUT2D eigenvalue weighted by molar-refractivity contribution is 0.479. The maximum absolute atomic E-state index is 13.7. The lowest BCUT2D eigenvalue weighted by Crippen LogP contribution is -2.23. The van der Waals surface area contributed by atoms with Crippen molar-refractivity contribution in [3.8, 4) is 28.1 Å². The number of fused-ring (bicyclic) bond motifs is 1. The second-order valence-electron chi connectivity index (χ2n) is 7.30. The molecule has 0 fully saturated rings. The zero-order chi connectivity index (χ0) is 21.2. The predicted octanol–water partition coefficient (Wildman–Crippen LogP) is 4.88. The van der Waals surface area contributed by atoms with E-state index < -0.39 is 0 Å². The van der Waals surface area contributed by atoms with Crippen molar-refractivity contribution in [3.05, 3.63) is 113 Å². The minimum atomic E-state index is -0.139. The van der Waals surface area contributed by atoms with E-state index >= 15 is 0 Å². The summed E-state index contributed by atoms with van der Waals surface area (Å²) in [5, 5.41) is 11.3. The van der Waals surface area contributed by atoms with Crippen molar-refractivity contribution in [3.63, 3.8) is 0 Å². The maximum atomic E-state index is 13.7. The second-order valence-corrected chi connectivity index (χ2v) is 7.30. The van der Waals surface area contributed by atoms with Crippen LogP contribution in [0.1, 0.15) is 5.56 Å². The Labute approximate surface area is 178 Å². The third-order valence-electron chi connectivity index (χ3n) is 5.31. The van der Waals surface area contributed by atoms with Gasteiger partial charge in [-0.15, -0.1) is 0 Å². The average molecular weight is 405 g/mol. The standard InChI is InChI=1S/C26H19N3O2/c30-23-16-28-24(20-12-7-13-27-15-20)25-22(23)14-21(19-10-5-2-6-11-19)26(31)29(25)17-18-8-3-1-4-9-18/h1-16,30H,17H2. The number of hydrogen-bond donors (Lipinski definition) is 1. The topological polar surface area (TPSA) is 68.0 Å². The highest BCUT2D eigenvalue weighted by Gasteiger charge is 2.18. The van der Waals surface area contributed by atoms with Gasteiger partial charge in [0.1, 0.15) is 5.75 Å². The van der Waals surface area contributed by atoms with Crippen molar-refractivity contribution in [1.29, 1.82) is 0 Å². The molecule has 5 rings (SSSR count). The van der Waals surface area contributed by atoms with Gasteiger partial charge in [-0.1, -0.05) is 60.7 Å². The molecule has 0 unspecified atom stereocenters. The van der Waals surface area contributed by atoms with Crippen molar-refractivity contribution >= 4 is 10.9 Å². The zero-order valence-corrected chi connectivity index (χ0v) is 16.6. The third-order valence-corrected chi connectivity index (χ3v) is 5.31. The summed E-state index contributed by atoms with van der Waals surface area (Å²) in [6.07, 6.45) is 4.83. The summed E-state index contributed by atoms with van der Waals surface area (Å²) in [6.45, 7) is 0.356. The molecule has 0 amide bonds. The van der Waals surface area contributed by atoms with E-state index in [9.17, 15) is 9.90 Å². The molecule has 5 aromatic rings. The summed E-state index contributed by atoms with van der Waals surface area (Å²) >= 11 is 0. The monoisotopic (exact) mass is 405 g/mol. The van der Waals surface area contributed by atoms with E-state index in [1.807, 2.05) is 72.8 Å². The van der Waals surface area contributed by atoms with Crippen LogP contribution in [-0.4, -0.2) is 19.6 Å². The smallest absolute Gasteiger partial charge is 0.259 e. The van der Waals surface area contributed by atoms with Gasteiger partial charge in [0.15, 0.2) is 0 Å². The molecule has 0 spiro atoms. The van der Waals surface area contributed by atoms with E-state index in [2.05, 4.69) is 9.97 Å².